The molecular formula is C16H18O4. The summed E-state index contributed by atoms with van der Waals surface area (Å²) in [6.45, 7) is 3.77. The SMILES string of the molecule is CCOC(=O)C(=CC=Cc1ccccc1)C(=O)OCC. The van der Waals surface area contributed by atoms with Crippen molar-refractivity contribution >= 4 is 18.0 Å². The van der Waals surface area contributed by atoms with Crippen LogP contribution in [0, 0.1) is 0 Å². The lowest BCUT2D eigenvalue weighted by Gasteiger charge is -2.05. The number of carbonyl (C=O) groups is 2. The van der Waals surface area contributed by atoms with Crippen LogP contribution >= 0.6 is 0 Å². The molecule has 0 amide bonds. The van der Waals surface area contributed by atoms with E-state index >= 15 is 0 Å². The van der Waals surface area contributed by atoms with E-state index in [2.05, 4.69) is 0 Å². The van der Waals surface area contributed by atoms with E-state index in [9.17, 15) is 9.59 Å². The fourth-order valence-corrected chi connectivity index (χ4v) is 1.46. The Morgan fingerprint density at radius 2 is 1.55 bits per heavy atom. The highest BCUT2D eigenvalue weighted by atomic mass is 16.6. The van der Waals surface area contributed by atoms with Crippen LogP contribution in [0.1, 0.15) is 19.4 Å². The summed E-state index contributed by atoms with van der Waals surface area (Å²) in [5, 5.41) is 0. The number of benzene rings is 1. The van der Waals surface area contributed by atoms with Gasteiger partial charge in [-0.25, -0.2) is 9.59 Å². The highest BCUT2D eigenvalue weighted by Crippen LogP contribution is 2.06. The van der Waals surface area contributed by atoms with Crippen LogP contribution in [-0.2, 0) is 19.1 Å². The summed E-state index contributed by atoms with van der Waals surface area (Å²) in [7, 11) is 0. The number of allylic oxidation sites excluding steroid dienone is 2. The maximum Gasteiger partial charge on any atom is 0.345 e. The Kier molecular flexibility index (Phi) is 6.82. The van der Waals surface area contributed by atoms with Crippen LogP contribution in [0.15, 0.2) is 48.1 Å². The van der Waals surface area contributed by atoms with Gasteiger partial charge in [0.1, 0.15) is 5.57 Å². The van der Waals surface area contributed by atoms with E-state index in [-0.39, 0.29) is 18.8 Å². The monoisotopic (exact) mass is 274 g/mol. The van der Waals surface area contributed by atoms with Gasteiger partial charge in [-0.2, -0.15) is 0 Å². The normalized spacial score (nSPS) is 10.1. The number of hydrogen-bond donors (Lipinski definition) is 0. The van der Waals surface area contributed by atoms with Crippen LogP contribution in [0.5, 0.6) is 0 Å². The molecule has 0 fully saturated rings. The summed E-state index contributed by atoms with van der Waals surface area (Å²) < 4.78 is 9.66. The van der Waals surface area contributed by atoms with E-state index in [1.165, 1.54) is 6.08 Å². The molecule has 1 aromatic carbocycles. The molecule has 1 rings (SSSR count). The molecule has 0 N–H and O–H groups in total. The standard InChI is InChI=1S/C16H18O4/c1-3-19-15(17)14(16(18)20-4-2)12-8-11-13-9-6-5-7-10-13/h5-12H,3-4H2,1-2H3. The minimum Gasteiger partial charge on any atom is -0.462 e. The van der Waals surface area contributed by atoms with E-state index in [1.807, 2.05) is 30.3 Å². The van der Waals surface area contributed by atoms with Crippen LogP contribution in [0.4, 0.5) is 0 Å². The third-order valence-electron chi connectivity index (χ3n) is 2.34. The molecule has 0 aliphatic heterocycles. The van der Waals surface area contributed by atoms with Crippen molar-refractivity contribution in [1.82, 2.24) is 0 Å². The summed E-state index contributed by atoms with van der Waals surface area (Å²) in [6.07, 6.45) is 4.82. The molecule has 0 spiro atoms. The van der Waals surface area contributed by atoms with Crippen molar-refractivity contribution in [2.24, 2.45) is 0 Å². The Bertz CT molecular complexity index is 480. The van der Waals surface area contributed by atoms with Gasteiger partial charge in [0.05, 0.1) is 13.2 Å². The lowest BCUT2D eigenvalue weighted by molar-refractivity contribution is -0.146. The van der Waals surface area contributed by atoms with Crippen LogP contribution in [0.3, 0.4) is 0 Å². The Labute approximate surface area is 118 Å². The summed E-state index contributed by atoms with van der Waals surface area (Å²) in [6, 6.07) is 9.55. The van der Waals surface area contributed by atoms with Crippen molar-refractivity contribution in [3.05, 3.63) is 53.6 Å². The molecule has 4 nitrogen and oxygen atoms in total. The maximum atomic E-state index is 11.7. The van der Waals surface area contributed by atoms with Crippen molar-refractivity contribution in [1.29, 1.82) is 0 Å². The molecule has 0 atom stereocenters. The van der Waals surface area contributed by atoms with Gasteiger partial charge in [0.15, 0.2) is 0 Å². The Morgan fingerprint density at radius 3 is 2.05 bits per heavy atom. The molecule has 20 heavy (non-hydrogen) atoms. The van der Waals surface area contributed by atoms with Gasteiger partial charge >= 0.3 is 11.9 Å². The predicted octanol–water partition coefficient (Wildman–Crippen LogP) is 2.75. The molecule has 106 valence electrons. The van der Waals surface area contributed by atoms with Crippen LogP contribution in [0.2, 0.25) is 0 Å². The third kappa shape index (κ3) is 5.10. The van der Waals surface area contributed by atoms with Crippen molar-refractivity contribution in [3.8, 4) is 0 Å². The van der Waals surface area contributed by atoms with Gasteiger partial charge < -0.3 is 9.47 Å². The molecule has 0 saturated carbocycles. The zero-order chi connectivity index (χ0) is 14.8. The van der Waals surface area contributed by atoms with E-state index < -0.39 is 11.9 Å². The largest absolute Gasteiger partial charge is 0.462 e. The second-order valence-corrected chi connectivity index (χ2v) is 3.79. The quantitative estimate of drug-likeness (QED) is 0.263. The molecular weight excluding hydrogens is 256 g/mol. The van der Waals surface area contributed by atoms with Gasteiger partial charge in [0, 0.05) is 0 Å². The van der Waals surface area contributed by atoms with Gasteiger partial charge in [-0.15, -0.1) is 0 Å². The summed E-state index contributed by atoms with van der Waals surface area (Å²) >= 11 is 0. The average molecular weight is 274 g/mol. The molecule has 0 radical (unpaired) electrons. The second-order valence-electron chi connectivity index (χ2n) is 3.79. The first-order chi connectivity index (χ1) is 9.69. The van der Waals surface area contributed by atoms with Crippen LogP contribution in [0.25, 0.3) is 6.08 Å². The van der Waals surface area contributed by atoms with E-state index in [1.54, 1.807) is 26.0 Å². The summed E-state index contributed by atoms with van der Waals surface area (Å²) in [5.41, 5.74) is 0.858. The molecule has 0 unspecified atom stereocenters. The van der Waals surface area contributed by atoms with Crippen molar-refractivity contribution in [2.75, 3.05) is 13.2 Å². The lowest BCUT2D eigenvalue weighted by atomic mass is 10.2. The fraction of sp³-hybridized carbons (Fsp3) is 0.250. The van der Waals surface area contributed by atoms with Gasteiger partial charge in [-0.05, 0) is 25.5 Å². The first-order valence-corrected chi connectivity index (χ1v) is 6.46. The zero-order valence-corrected chi connectivity index (χ0v) is 11.7. The topological polar surface area (TPSA) is 52.6 Å². The molecule has 1 aromatic rings. The predicted molar refractivity (Wildman–Crippen MR) is 76.8 cm³/mol. The van der Waals surface area contributed by atoms with E-state index in [0.29, 0.717) is 0 Å². The van der Waals surface area contributed by atoms with Crippen molar-refractivity contribution < 1.29 is 19.1 Å². The van der Waals surface area contributed by atoms with Crippen LogP contribution in [-0.4, -0.2) is 25.2 Å². The van der Waals surface area contributed by atoms with Crippen molar-refractivity contribution in [2.45, 2.75) is 13.8 Å². The molecule has 0 aliphatic rings. The highest BCUT2D eigenvalue weighted by molar-refractivity contribution is 6.14. The third-order valence-corrected chi connectivity index (χ3v) is 2.34. The summed E-state index contributed by atoms with van der Waals surface area (Å²) in [4.78, 5) is 23.4. The van der Waals surface area contributed by atoms with Gasteiger partial charge in [0.2, 0.25) is 0 Å². The van der Waals surface area contributed by atoms with E-state index in [0.717, 1.165) is 5.56 Å². The maximum absolute atomic E-state index is 11.7. The number of carbonyl (C=O) groups excluding carboxylic acids is 2. The number of hydrogen-bond acceptors (Lipinski definition) is 4. The van der Waals surface area contributed by atoms with Crippen molar-refractivity contribution in [3.63, 3.8) is 0 Å². The smallest absolute Gasteiger partial charge is 0.345 e. The van der Waals surface area contributed by atoms with Gasteiger partial charge in [0.25, 0.3) is 0 Å². The first-order valence-electron chi connectivity index (χ1n) is 6.46. The highest BCUT2D eigenvalue weighted by Gasteiger charge is 2.19. The Morgan fingerprint density at radius 1 is 1.00 bits per heavy atom. The second kappa shape index (κ2) is 8.69. The summed E-state index contributed by atoms with van der Waals surface area (Å²) in [5.74, 6) is -1.35. The minimum atomic E-state index is -0.677. The van der Waals surface area contributed by atoms with E-state index in [4.69, 9.17) is 9.47 Å². The number of rotatable bonds is 6. The molecule has 0 aliphatic carbocycles. The fourth-order valence-electron chi connectivity index (χ4n) is 1.46. The molecule has 0 aromatic heterocycles. The van der Waals surface area contributed by atoms with Gasteiger partial charge in [-0.1, -0.05) is 42.5 Å². The minimum absolute atomic E-state index is 0.110. The molecule has 0 saturated heterocycles. The number of ether oxygens (including phenoxy) is 2. The zero-order valence-electron chi connectivity index (χ0n) is 11.7. The number of esters is 2. The van der Waals surface area contributed by atoms with Gasteiger partial charge in [-0.3, -0.25) is 0 Å². The Balaban J connectivity index is 2.86. The van der Waals surface area contributed by atoms with Crippen LogP contribution < -0.4 is 0 Å². The molecule has 0 bridgehead atoms. The molecule has 0 heterocycles. The molecule has 4 heteroatoms. The lowest BCUT2D eigenvalue weighted by Crippen LogP contribution is -2.18. The Hall–Kier alpha value is -2.36. The average Bonchev–Trinajstić information content (AvgIpc) is 2.45. The first kappa shape index (κ1) is 15.7.